The molecule has 1 aromatic carbocycles. The quantitative estimate of drug-likeness (QED) is 0.896. The van der Waals surface area contributed by atoms with Gasteiger partial charge in [0.25, 0.3) is 0 Å². The molecule has 0 heterocycles. The highest BCUT2D eigenvalue weighted by Gasteiger charge is 2.15. The van der Waals surface area contributed by atoms with Crippen molar-refractivity contribution in [3.63, 3.8) is 0 Å². The van der Waals surface area contributed by atoms with Crippen LogP contribution in [0.25, 0.3) is 0 Å². The molecule has 1 amide bonds. The van der Waals surface area contributed by atoms with E-state index in [0.29, 0.717) is 18.8 Å². The van der Waals surface area contributed by atoms with Crippen LogP contribution >= 0.6 is 0 Å². The average Bonchev–Trinajstić information content (AvgIpc) is 2.28. The molecule has 0 aliphatic heterocycles. The van der Waals surface area contributed by atoms with Crippen molar-refractivity contribution < 1.29 is 9.53 Å². The fourth-order valence-corrected chi connectivity index (χ4v) is 1.49. The number of hydrogen-bond acceptors (Lipinski definition) is 3. The van der Waals surface area contributed by atoms with Gasteiger partial charge in [-0.15, -0.1) is 0 Å². The fraction of sp³-hybridized carbons (Fsp3) is 0.500. The molecule has 0 aromatic heterocycles. The molecule has 4 heteroatoms. The molecule has 0 unspecified atom stereocenters. The van der Waals surface area contributed by atoms with Crippen LogP contribution in [0.3, 0.4) is 0 Å². The van der Waals surface area contributed by atoms with Crippen LogP contribution in [-0.2, 0) is 5.41 Å². The molecule has 0 atom stereocenters. The van der Waals surface area contributed by atoms with Gasteiger partial charge in [0, 0.05) is 20.1 Å². The van der Waals surface area contributed by atoms with Gasteiger partial charge in [0.15, 0.2) is 0 Å². The highest BCUT2D eigenvalue weighted by Crippen LogP contribution is 2.25. The number of likely N-dealkylation sites (N-methyl/N-ethyl adjacent to an activating group) is 1. The minimum absolute atomic E-state index is 0.0333. The first-order valence-corrected chi connectivity index (χ1v) is 6.08. The Hall–Kier alpha value is -1.55. The van der Waals surface area contributed by atoms with Crippen molar-refractivity contribution in [1.29, 1.82) is 0 Å². The van der Waals surface area contributed by atoms with E-state index in [0.717, 1.165) is 5.56 Å². The lowest BCUT2D eigenvalue weighted by atomic mass is 9.87. The highest BCUT2D eigenvalue weighted by atomic mass is 16.6. The van der Waals surface area contributed by atoms with Crippen LogP contribution in [0.5, 0.6) is 5.75 Å². The molecule has 0 radical (unpaired) electrons. The van der Waals surface area contributed by atoms with E-state index in [4.69, 9.17) is 10.5 Å². The number of amides is 1. The van der Waals surface area contributed by atoms with Crippen LogP contribution in [-0.4, -0.2) is 31.1 Å². The summed E-state index contributed by atoms with van der Waals surface area (Å²) in [7, 11) is 1.67. The Balaban J connectivity index is 2.77. The molecule has 0 aliphatic rings. The summed E-state index contributed by atoms with van der Waals surface area (Å²) in [5.41, 5.74) is 6.56. The third-order valence-corrected chi connectivity index (χ3v) is 2.68. The van der Waals surface area contributed by atoms with E-state index in [9.17, 15) is 4.79 Å². The smallest absolute Gasteiger partial charge is 0.410 e. The maximum atomic E-state index is 11.7. The van der Waals surface area contributed by atoms with Crippen LogP contribution < -0.4 is 10.5 Å². The van der Waals surface area contributed by atoms with Gasteiger partial charge in [-0.05, 0) is 23.1 Å². The van der Waals surface area contributed by atoms with E-state index >= 15 is 0 Å². The minimum Gasteiger partial charge on any atom is -0.410 e. The van der Waals surface area contributed by atoms with Gasteiger partial charge in [0.2, 0.25) is 0 Å². The maximum Gasteiger partial charge on any atom is 0.415 e. The molecule has 1 aromatic rings. The number of nitrogens with two attached hydrogens (primary N) is 1. The lowest BCUT2D eigenvalue weighted by Gasteiger charge is -2.20. The van der Waals surface area contributed by atoms with Crippen molar-refractivity contribution in [3.05, 3.63) is 29.8 Å². The van der Waals surface area contributed by atoms with E-state index in [1.165, 1.54) is 4.90 Å². The van der Waals surface area contributed by atoms with Crippen LogP contribution in [0.2, 0.25) is 0 Å². The number of benzene rings is 1. The van der Waals surface area contributed by atoms with E-state index in [1.54, 1.807) is 13.1 Å². The van der Waals surface area contributed by atoms with Crippen molar-refractivity contribution in [1.82, 2.24) is 4.90 Å². The Labute approximate surface area is 109 Å². The van der Waals surface area contributed by atoms with Gasteiger partial charge >= 0.3 is 6.09 Å². The third kappa shape index (κ3) is 4.04. The van der Waals surface area contributed by atoms with Crippen LogP contribution in [0, 0.1) is 0 Å². The van der Waals surface area contributed by atoms with Gasteiger partial charge < -0.3 is 15.4 Å². The zero-order valence-electron chi connectivity index (χ0n) is 11.6. The van der Waals surface area contributed by atoms with Crippen molar-refractivity contribution in [3.8, 4) is 5.75 Å². The van der Waals surface area contributed by atoms with E-state index in [-0.39, 0.29) is 11.5 Å². The molecule has 100 valence electrons. The molecule has 1 rings (SSSR count). The normalized spacial score (nSPS) is 11.2. The van der Waals surface area contributed by atoms with Crippen LogP contribution in [0.1, 0.15) is 26.3 Å². The average molecular weight is 250 g/mol. The molecule has 0 bridgehead atoms. The number of carbonyl (C=O) groups is 1. The third-order valence-electron chi connectivity index (χ3n) is 2.68. The first kappa shape index (κ1) is 14.5. The van der Waals surface area contributed by atoms with Gasteiger partial charge in [-0.2, -0.15) is 0 Å². The topological polar surface area (TPSA) is 55.6 Å². The Morgan fingerprint density at radius 2 is 2.06 bits per heavy atom. The second-order valence-corrected chi connectivity index (χ2v) is 5.36. The van der Waals surface area contributed by atoms with E-state index in [1.807, 2.05) is 18.2 Å². The van der Waals surface area contributed by atoms with Crippen LogP contribution in [0.15, 0.2) is 24.3 Å². The summed E-state index contributed by atoms with van der Waals surface area (Å²) in [4.78, 5) is 13.2. The first-order chi connectivity index (χ1) is 8.34. The highest BCUT2D eigenvalue weighted by molar-refractivity contribution is 5.70. The second kappa shape index (κ2) is 5.87. The molecular weight excluding hydrogens is 228 g/mol. The number of nitrogens with zero attached hydrogens (tertiary/aromatic N) is 1. The number of ether oxygens (including phenoxy) is 1. The predicted octanol–water partition coefficient (Wildman–Crippen LogP) is 2.37. The van der Waals surface area contributed by atoms with Gasteiger partial charge in [0.1, 0.15) is 5.75 Å². The predicted molar refractivity (Wildman–Crippen MR) is 72.9 cm³/mol. The Bertz CT molecular complexity index is 411. The molecule has 0 spiro atoms. The summed E-state index contributed by atoms with van der Waals surface area (Å²) < 4.78 is 5.30. The molecule has 2 N–H and O–H groups in total. The molecular formula is C14H22N2O2. The lowest BCUT2D eigenvalue weighted by Crippen LogP contribution is -2.33. The number of hydrogen-bond donors (Lipinski definition) is 1. The van der Waals surface area contributed by atoms with Crippen LogP contribution in [0.4, 0.5) is 4.79 Å². The van der Waals surface area contributed by atoms with Gasteiger partial charge in [-0.1, -0.05) is 32.9 Å². The van der Waals surface area contributed by atoms with Crippen molar-refractivity contribution in [2.45, 2.75) is 26.2 Å². The molecule has 0 saturated carbocycles. The fourth-order valence-electron chi connectivity index (χ4n) is 1.49. The number of rotatable bonds is 3. The lowest BCUT2D eigenvalue weighted by molar-refractivity contribution is 0.164. The summed E-state index contributed by atoms with van der Waals surface area (Å²) in [6.45, 7) is 7.27. The van der Waals surface area contributed by atoms with E-state index in [2.05, 4.69) is 20.8 Å². The maximum absolute atomic E-state index is 11.7. The van der Waals surface area contributed by atoms with Gasteiger partial charge in [0.05, 0.1) is 0 Å². The summed E-state index contributed by atoms with van der Waals surface area (Å²) in [5.74, 6) is 0.566. The first-order valence-electron chi connectivity index (χ1n) is 6.08. The Morgan fingerprint density at radius 1 is 1.39 bits per heavy atom. The largest absolute Gasteiger partial charge is 0.415 e. The summed E-state index contributed by atoms with van der Waals surface area (Å²) in [6, 6.07) is 7.60. The zero-order valence-corrected chi connectivity index (χ0v) is 11.6. The molecule has 4 nitrogen and oxygen atoms in total. The second-order valence-electron chi connectivity index (χ2n) is 5.36. The summed E-state index contributed by atoms with van der Waals surface area (Å²) in [5, 5.41) is 0. The summed E-state index contributed by atoms with van der Waals surface area (Å²) in [6.07, 6.45) is -0.383. The van der Waals surface area contributed by atoms with Crippen molar-refractivity contribution in [2.24, 2.45) is 5.73 Å². The van der Waals surface area contributed by atoms with Crippen molar-refractivity contribution in [2.75, 3.05) is 20.1 Å². The standard InChI is InChI=1S/C14H22N2O2/c1-14(2,3)11-6-5-7-12(10-11)18-13(17)16(4)9-8-15/h5-7,10H,8-9,15H2,1-4H3. The Morgan fingerprint density at radius 3 is 2.61 bits per heavy atom. The molecule has 18 heavy (non-hydrogen) atoms. The molecule has 0 aliphatic carbocycles. The summed E-state index contributed by atoms with van der Waals surface area (Å²) >= 11 is 0. The molecule has 0 saturated heterocycles. The monoisotopic (exact) mass is 250 g/mol. The minimum atomic E-state index is -0.383. The van der Waals surface area contributed by atoms with E-state index < -0.39 is 0 Å². The van der Waals surface area contributed by atoms with Crippen molar-refractivity contribution >= 4 is 6.09 Å². The number of carbonyl (C=O) groups excluding carboxylic acids is 1. The van der Waals surface area contributed by atoms with Gasteiger partial charge in [-0.25, -0.2) is 4.79 Å². The SMILES string of the molecule is CN(CCN)C(=O)Oc1cccc(C(C)(C)C)c1. The Kier molecular flexibility index (Phi) is 4.73. The zero-order chi connectivity index (χ0) is 13.8. The molecule has 0 fully saturated rings. The van der Waals surface area contributed by atoms with Gasteiger partial charge in [-0.3, -0.25) is 0 Å².